The molecule has 0 aliphatic rings. The Morgan fingerprint density at radius 1 is 1.30 bits per heavy atom. The Bertz CT molecular complexity index is 760. The van der Waals surface area contributed by atoms with Gasteiger partial charge in [-0.2, -0.15) is 0 Å². The number of rotatable bonds is 3. The predicted octanol–water partition coefficient (Wildman–Crippen LogP) is 3.38. The molecule has 6 heteroatoms. The molecule has 0 radical (unpaired) electrons. The molecule has 3 rings (SSSR count). The largest absolute Gasteiger partial charge is 0.361 e. The Morgan fingerprint density at radius 3 is 2.75 bits per heavy atom. The first-order chi connectivity index (χ1) is 9.54. The van der Waals surface area contributed by atoms with Crippen LogP contribution in [0.1, 0.15) is 35.3 Å². The molecule has 5 nitrogen and oxygen atoms in total. The quantitative estimate of drug-likeness (QED) is 0.694. The average Bonchev–Trinajstić information content (AvgIpc) is 2.95. The molecule has 104 valence electrons. The Balaban J connectivity index is 2.15. The van der Waals surface area contributed by atoms with Gasteiger partial charge in [0.1, 0.15) is 22.8 Å². The van der Waals surface area contributed by atoms with Crippen molar-refractivity contribution in [3.8, 4) is 0 Å². The van der Waals surface area contributed by atoms with Gasteiger partial charge in [0.05, 0.1) is 11.9 Å². The monoisotopic (exact) mass is 290 g/mol. The van der Waals surface area contributed by atoms with Gasteiger partial charge in [0, 0.05) is 11.8 Å². The van der Waals surface area contributed by atoms with E-state index in [1.165, 1.54) is 0 Å². The Labute approximate surface area is 121 Å². The maximum atomic E-state index is 6.24. The SMILES string of the molecule is Cc1ccc2nc(C(C)Cl)n(Cc3cc(C)on3)c2n1. The van der Waals surface area contributed by atoms with E-state index in [1.807, 2.05) is 43.5 Å². The summed E-state index contributed by atoms with van der Waals surface area (Å²) in [6.07, 6.45) is 0. The normalized spacial score (nSPS) is 13.0. The lowest BCUT2D eigenvalue weighted by molar-refractivity contribution is 0.389. The summed E-state index contributed by atoms with van der Waals surface area (Å²) in [5, 5.41) is 3.83. The second kappa shape index (κ2) is 4.90. The van der Waals surface area contributed by atoms with Crippen molar-refractivity contribution in [2.24, 2.45) is 0 Å². The van der Waals surface area contributed by atoms with E-state index in [9.17, 15) is 0 Å². The van der Waals surface area contributed by atoms with Crippen LogP contribution in [0.15, 0.2) is 22.7 Å². The van der Waals surface area contributed by atoms with Crippen LogP contribution in [0.2, 0.25) is 0 Å². The minimum Gasteiger partial charge on any atom is -0.361 e. The zero-order valence-electron chi connectivity index (χ0n) is 11.6. The molecule has 0 aliphatic heterocycles. The van der Waals surface area contributed by atoms with Crippen LogP contribution in [0.4, 0.5) is 0 Å². The van der Waals surface area contributed by atoms with Crippen LogP contribution in [-0.2, 0) is 6.54 Å². The molecule has 20 heavy (non-hydrogen) atoms. The van der Waals surface area contributed by atoms with Gasteiger partial charge in [0.2, 0.25) is 0 Å². The molecule has 0 fully saturated rings. The number of aromatic nitrogens is 4. The van der Waals surface area contributed by atoms with Gasteiger partial charge >= 0.3 is 0 Å². The highest BCUT2D eigenvalue weighted by atomic mass is 35.5. The van der Waals surface area contributed by atoms with Crippen molar-refractivity contribution in [1.29, 1.82) is 0 Å². The van der Waals surface area contributed by atoms with Crippen molar-refractivity contribution in [2.45, 2.75) is 32.7 Å². The van der Waals surface area contributed by atoms with Crippen LogP contribution < -0.4 is 0 Å². The first-order valence-corrected chi connectivity index (χ1v) is 6.88. The van der Waals surface area contributed by atoms with Gasteiger partial charge in [0.25, 0.3) is 0 Å². The molecule has 0 saturated carbocycles. The van der Waals surface area contributed by atoms with Crippen LogP contribution in [0.3, 0.4) is 0 Å². The highest BCUT2D eigenvalue weighted by molar-refractivity contribution is 6.20. The lowest BCUT2D eigenvalue weighted by atomic mass is 10.3. The molecule has 0 N–H and O–H groups in total. The van der Waals surface area contributed by atoms with Crippen LogP contribution >= 0.6 is 11.6 Å². The van der Waals surface area contributed by atoms with E-state index in [0.29, 0.717) is 6.54 Å². The van der Waals surface area contributed by atoms with Crippen LogP contribution in [0.5, 0.6) is 0 Å². The number of hydrogen-bond donors (Lipinski definition) is 0. The van der Waals surface area contributed by atoms with E-state index in [0.717, 1.165) is 34.1 Å². The van der Waals surface area contributed by atoms with E-state index >= 15 is 0 Å². The van der Waals surface area contributed by atoms with Gasteiger partial charge < -0.3 is 9.09 Å². The topological polar surface area (TPSA) is 56.7 Å². The molecular weight excluding hydrogens is 276 g/mol. The first-order valence-electron chi connectivity index (χ1n) is 6.44. The fraction of sp³-hybridized carbons (Fsp3) is 0.357. The second-order valence-corrected chi connectivity index (χ2v) is 5.55. The summed E-state index contributed by atoms with van der Waals surface area (Å²) in [4.78, 5) is 9.13. The number of aryl methyl sites for hydroxylation is 2. The van der Waals surface area contributed by atoms with Crippen molar-refractivity contribution < 1.29 is 4.52 Å². The standard InChI is InChI=1S/C14H15ClN4O/c1-8-4-5-12-14(16-8)19(13(17-12)10(3)15)7-11-6-9(2)20-18-11/h4-6,10H,7H2,1-3H3. The molecule has 1 atom stereocenters. The Hall–Kier alpha value is -1.88. The van der Waals surface area contributed by atoms with Crippen LogP contribution in [0, 0.1) is 13.8 Å². The van der Waals surface area contributed by atoms with Gasteiger partial charge in [-0.1, -0.05) is 5.16 Å². The number of hydrogen-bond acceptors (Lipinski definition) is 4. The number of imidazole rings is 1. The minimum absolute atomic E-state index is 0.197. The third-order valence-electron chi connectivity index (χ3n) is 3.11. The van der Waals surface area contributed by atoms with Crippen molar-refractivity contribution in [3.05, 3.63) is 41.2 Å². The molecule has 0 bridgehead atoms. The Kier molecular flexibility index (Phi) is 3.22. The first kappa shape index (κ1) is 13.1. The molecular formula is C14H15ClN4O. The molecule has 0 aromatic carbocycles. The molecule has 0 aliphatic carbocycles. The fourth-order valence-electron chi connectivity index (χ4n) is 2.23. The molecule has 3 heterocycles. The summed E-state index contributed by atoms with van der Waals surface area (Å²) in [5.74, 6) is 1.58. The summed E-state index contributed by atoms with van der Waals surface area (Å²) in [7, 11) is 0. The van der Waals surface area contributed by atoms with E-state index in [4.69, 9.17) is 16.1 Å². The molecule has 0 amide bonds. The number of nitrogens with zero attached hydrogens (tertiary/aromatic N) is 4. The number of pyridine rings is 1. The average molecular weight is 291 g/mol. The highest BCUT2D eigenvalue weighted by Crippen LogP contribution is 2.24. The van der Waals surface area contributed by atoms with Crippen LogP contribution in [-0.4, -0.2) is 19.7 Å². The maximum Gasteiger partial charge on any atom is 0.160 e. The Morgan fingerprint density at radius 2 is 2.10 bits per heavy atom. The van der Waals surface area contributed by atoms with E-state index in [-0.39, 0.29) is 5.38 Å². The third kappa shape index (κ3) is 2.29. The molecule has 0 saturated heterocycles. The van der Waals surface area contributed by atoms with Gasteiger partial charge in [-0.25, -0.2) is 9.97 Å². The number of halogens is 1. The van der Waals surface area contributed by atoms with Crippen LogP contribution in [0.25, 0.3) is 11.2 Å². The molecule has 3 aromatic heterocycles. The summed E-state index contributed by atoms with van der Waals surface area (Å²) in [6.45, 7) is 6.29. The summed E-state index contributed by atoms with van der Waals surface area (Å²) < 4.78 is 7.11. The zero-order valence-corrected chi connectivity index (χ0v) is 12.3. The number of alkyl halides is 1. The van der Waals surface area contributed by atoms with Crippen molar-refractivity contribution in [2.75, 3.05) is 0 Å². The van der Waals surface area contributed by atoms with Gasteiger partial charge in [0.15, 0.2) is 5.65 Å². The lowest BCUT2D eigenvalue weighted by Crippen LogP contribution is -2.07. The summed E-state index contributed by atoms with van der Waals surface area (Å²) in [5.41, 5.74) is 3.46. The number of fused-ring (bicyclic) bond motifs is 1. The van der Waals surface area contributed by atoms with E-state index in [1.54, 1.807) is 0 Å². The fourth-order valence-corrected chi connectivity index (χ4v) is 2.39. The predicted molar refractivity (Wildman–Crippen MR) is 76.9 cm³/mol. The second-order valence-electron chi connectivity index (χ2n) is 4.90. The molecule has 3 aromatic rings. The van der Waals surface area contributed by atoms with E-state index in [2.05, 4.69) is 15.1 Å². The molecule has 0 spiro atoms. The summed E-state index contributed by atoms with van der Waals surface area (Å²) >= 11 is 6.24. The zero-order chi connectivity index (χ0) is 14.3. The van der Waals surface area contributed by atoms with Crippen molar-refractivity contribution in [1.82, 2.24) is 19.7 Å². The van der Waals surface area contributed by atoms with Gasteiger partial charge in [-0.3, -0.25) is 0 Å². The lowest BCUT2D eigenvalue weighted by Gasteiger charge is -2.07. The smallest absolute Gasteiger partial charge is 0.160 e. The highest BCUT2D eigenvalue weighted by Gasteiger charge is 2.17. The van der Waals surface area contributed by atoms with Gasteiger partial charge in [-0.15, -0.1) is 11.6 Å². The summed E-state index contributed by atoms with van der Waals surface area (Å²) in [6, 6.07) is 5.82. The minimum atomic E-state index is -0.197. The van der Waals surface area contributed by atoms with Crippen molar-refractivity contribution in [3.63, 3.8) is 0 Å². The van der Waals surface area contributed by atoms with E-state index < -0.39 is 0 Å². The third-order valence-corrected chi connectivity index (χ3v) is 3.31. The molecule has 1 unspecified atom stereocenters. The van der Waals surface area contributed by atoms with Crippen molar-refractivity contribution >= 4 is 22.8 Å². The maximum absolute atomic E-state index is 6.24. The van der Waals surface area contributed by atoms with Gasteiger partial charge in [-0.05, 0) is 32.9 Å².